The zero-order valence-electron chi connectivity index (χ0n) is 16.9. The van der Waals surface area contributed by atoms with Gasteiger partial charge in [0.25, 0.3) is 11.5 Å². The molecular weight excluding hydrogens is 382 g/mol. The molecule has 2 aromatic carbocycles. The summed E-state index contributed by atoms with van der Waals surface area (Å²) in [5.41, 5.74) is 0.976. The molecule has 3 rings (SSSR count). The second-order valence-electron chi connectivity index (χ2n) is 7.17. The quantitative estimate of drug-likeness (QED) is 0.528. The van der Waals surface area contributed by atoms with Crippen molar-refractivity contribution in [2.45, 2.75) is 45.7 Å². The van der Waals surface area contributed by atoms with Gasteiger partial charge in [0.1, 0.15) is 0 Å². The van der Waals surface area contributed by atoms with E-state index in [1.165, 1.54) is 16.8 Å². The first-order chi connectivity index (χ1) is 14.5. The molecule has 30 heavy (non-hydrogen) atoms. The number of benzene rings is 2. The number of carbonyl (C=O) groups excluding carboxylic acids is 1. The Balaban J connectivity index is 1.82. The van der Waals surface area contributed by atoms with Crippen molar-refractivity contribution in [3.8, 4) is 0 Å². The molecule has 0 radical (unpaired) electrons. The molecule has 7 heteroatoms. The summed E-state index contributed by atoms with van der Waals surface area (Å²) in [4.78, 5) is 36.6. The van der Waals surface area contributed by atoms with Gasteiger partial charge in [-0.3, -0.25) is 9.59 Å². The molecule has 1 amide bonds. The first kappa shape index (κ1) is 21.2. The van der Waals surface area contributed by atoms with Crippen molar-refractivity contribution in [1.29, 1.82) is 0 Å². The van der Waals surface area contributed by atoms with Gasteiger partial charge in [-0.2, -0.15) is 5.10 Å². The van der Waals surface area contributed by atoms with Crippen molar-refractivity contribution < 1.29 is 14.7 Å². The van der Waals surface area contributed by atoms with E-state index in [0.717, 1.165) is 31.2 Å². The van der Waals surface area contributed by atoms with Gasteiger partial charge in [-0.25, -0.2) is 9.48 Å². The minimum atomic E-state index is -0.998. The van der Waals surface area contributed by atoms with Crippen LogP contribution in [-0.4, -0.2) is 26.8 Å². The van der Waals surface area contributed by atoms with Crippen LogP contribution in [0.5, 0.6) is 0 Å². The number of carboxylic acids is 1. The van der Waals surface area contributed by atoms with E-state index in [2.05, 4.69) is 17.3 Å². The lowest BCUT2D eigenvalue weighted by Gasteiger charge is -2.11. The van der Waals surface area contributed by atoms with Crippen LogP contribution in [0.1, 0.15) is 59.0 Å². The number of amides is 1. The molecule has 0 spiro atoms. The fourth-order valence-corrected chi connectivity index (χ4v) is 3.27. The number of aromatic nitrogens is 2. The second-order valence-corrected chi connectivity index (χ2v) is 7.17. The second kappa shape index (κ2) is 9.82. The van der Waals surface area contributed by atoms with Crippen LogP contribution >= 0.6 is 0 Å². The van der Waals surface area contributed by atoms with Gasteiger partial charge >= 0.3 is 5.97 Å². The summed E-state index contributed by atoms with van der Waals surface area (Å²) in [5, 5.41) is 17.1. The third-order valence-electron chi connectivity index (χ3n) is 4.96. The van der Waals surface area contributed by atoms with Crippen LogP contribution < -0.4 is 10.9 Å². The highest BCUT2D eigenvalue weighted by Gasteiger charge is 2.16. The Bertz CT molecular complexity index is 1100. The fraction of sp³-hybridized carbons (Fsp3) is 0.304. The zero-order chi connectivity index (χ0) is 21.5. The van der Waals surface area contributed by atoms with Crippen LogP contribution in [0, 0.1) is 0 Å². The minimum absolute atomic E-state index is 0.188. The maximum absolute atomic E-state index is 12.9. The van der Waals surface area contributed by atoms with E-state index < -0.39 is 5.97 Å². The highest BCUT2D eigenvalue weighted by Crippen LogP contribution is 2.14. The molecule has 0 atom stereocenters. The van der Waals surface area contributed by atoms with Crippen LogP contribution in [-0.2, 0) is 13.1 Å². The molecule has 1 heterocycles. The van der Waals surface area contributed by atoms with Gasteiger partial charge in [0.2, 0.25) is 0 Å². The summed E-state index contributed by atoms with van der Waals surface area (Å²) in [5.74, 6) is -1.38. The van der Waals surface area contributed by atoms with Crippen molar-refractivity contribution >= 4 is 22.6 Å². The Morgan fingerprint density at radius 1 is 1.00 bits per heavy atom. The van der Waals surface area contributed by atoms with Crippen LogP contribution in [0.3, 0.4) is 0 Å². The topological polar surface area (TPSA) is 101 Å². The lowest BCUT2D eigenvalue weighted by molar-refractivity contribution is 0.0696. The molecule has 2 N–H and O–H groups in total. The smallest absolute Gasteiger partial charge is 0.335 e. The van der Waals surface area contributed by atoms with Gasteiger partial charge in [-0.1, -0.05) is 56.5 Å². The normalized spacial score (nSPS) is 10.8. The number of unbranched alkanes of at least 4 members (excludes halogenated alkanes) is 3. The highest BCUT2D eigenvalue weighted by molar-refractivity contribution is 6.04. The summed E-state index contributed by atoms with van der Waals surface area (Å²) in [7, 11) is 0. The van der Waals surface area contributed by atoms with E-state index >= 15 is 0 Å². The van der Waals surface area contributed by atoms with Crippen molar-refractivity contribution in [3.05, 3.63) is 75.7 Å². The number of carboxylic acid groups (broad SMARTS) is 1. The van der Waals surface area contributed by atoms with Gasteiger partial charge in [0.15, 0.2) is 5.69 Å². The standard InChI is InChI=1S/C23H25N3O4/c1-2-3-4-7-14-26-22(28)19-9-6-5-8-18(19)20(25-26)21(27)24-15-16-10-12-17(13-11-16)23(29)30/h5-6,8-13H,2-4,7,14-15H2,1H3,(H,24,27)(H,29,30). The monoisotopic (exact) mass is 407 g/mol. The number of aromatic carboxylic acids is 1. The zero-order valence-corrected chi connectivity index (χ0v) is 16.9. The van der Waals surface area contributed by atoms with Gasteiger partial charge in [0.05, 0.1) is 10.9 Å². The van der Waals surface area contributed by atoms with E-state index in [0.29, 0.717) is 17.3 Å². The van der Waals surface area contributed by atoms with Gasteiger partial charge in [0, 0.05) is 18.5 Å². The number of aryl methyl sites for hydroxylation is 1. The van der Waals surface area contributed by atoms with E-state index in [9.17, 15) is 14.4 Å². The molecule has 0 saturated carbocycles. The molecule has 0 unspecified atom stereocenters. The van der Waals surface area contributed by atoms with Crippen LogP contribution in [0.15, 0.2) is 53.3 Å². The largest absolute Gasteiger partial charge is 0.478 e. The molecule has 0 aliphatic heterocycles. The number of rotatable bonds is 9. The maximum atomic E-state index is 12.9. The number of nitrogens with zero attached hydrogens (tertiary/aromatic N) is 2. The van der Waals surface area contributed by atoms with Crippen LogP contribution in [0.25, 0.3) is 10.8 Å². The highest BCUT2D eigenvalue weighted by atomic mass is 16.4. The molecule has 0 bridgehead atoms. The van der Waals surface area contributed by atoms with E-state index in [1.54, 1.807) is 36.4 Å². The summed E-state index contributed by atoms with van der Waals surface area (Å²) < 4.78 is 1.38. The van der Waals surface area contributed by atoms with Crippen molar-refractivity contribution in [2.24, 2.45) is 0 Å². The first-order valence-electron chi connectivity index (χ1n) is 10.1. The summed E-state index contributed by atoms with van der Waals surface area (Å²) >= 11 is 0. The molecule has 7 nitrogen and oxygen atoms in total. The summed E-state index contributed by atoms with van der Waals surface area (Å²) in [6.45, 7) is 2.82. The van der Waals surface area contributed by atoms with Crippen LogP contribution in [0.4, 0.5) is 0 Å². The number of carbonyl (C=O) groups is 2. The lowest BCUT2D eigenvalue weighted by Crippen LogP contribution is -2.30. The molecule has 156 valence electrons. The Morgan fingerprint density at radius 3 is 2.37 bits per heavy atom. The molecule has 3 aromatic rings. The molecular formula is C23H25N3O4. The molecule has 1 aromatic heterocycles. The SMILES string of the molecule is CCCCCCn1nc(C(=O)NCc2ccc(C(=O)O)cc2)c2ccccc2c1=O. The molecule has 0 aliphatic carbocycles. The predicted octanol–water partition coefficient (Wildman–Crippen LogP) is 3.61. The first-order valence-corrected chi connectivity index (χ1v) is 10.1. The van der Waals surface area contributed by atoms with E-state index in [4.69, 9.17) is 5.11 Å². The Morgan fingerprint density at radius 2 is 1.70 bits per heavy atom. The molecule has 0 fully saturated rings. The number of hydrogen-bond donors (Lipinski definition) is 2. The van der Waals surface area contributed by atoms with Gasteiger partial charge < -0.3 is 10.4 Å². The number of nitrogens with one attached hydrogen (secondary N) is 1. The third-order valence-corrected chi connectivity index (χ3v) is 4.96. The van der Waals surface area contributed by atoms with Crippen molar-refractivity contribution in [2.75, 3.05) is 0 Å². The third kappa shape index (κ3) is 4.92. The summed E-state index contributed by atoms with van der Waals surface area (Å²) in [6, 6.07) is 13.3. The van der Waals surface area contributed by atoms with E-state index in [1.807, 2.05) is 0 Å². The van der Waals surface area contributed by atoms with E-state index in [-0.39, 0.29) is 29.3 Å². The van der Waals surface area contributed by atoms with Gasteiger partial charge in [-0.05, 0) is 30.2 Å². The number of hydrogen-bond acceptors (Lipinski definition) is 4. The summed E-state index contributed by atoms with van der Waals surface area (Å²) in [6.07, 6.45) is 4.03. The van der Waals surface area contributed by atoms with Crippen molar-refractivity contribution in [1.82, 2.24) is 15.1 Å². The fourth-order valence-electron chi connectivity index (χ4n) is 3.27. The molecule has 0 saturated heterocycles. The van der Waals surface area contributed by atoms with Gasteiger partial charge in [-0.15, -0.1) is 0 Å². The Labute approximate surface area is 174 Å². The lowest BCUT2D eigenvalue weighted by atomic mass is 10.1. The maximum Gasteiger partial charge on any atom is 0.335 e. The van der Waals surface area contributed by atoms with Crippen LogP contribution in [0.2, 0.25) is 0 Å². The average molecular weight is 407 g/mol. The molecule has 0 aliphatic rings. The predicted molar refractivity (Wildman–Crippen MR) is 115 cm³/mol. The minimum Gasteiger partial charge on any atom is -0.478 e. The Hall–Kier alpha value is -3.48. The Kier molecular flexibility index (Phi) is 6.95. The number of fused-ring (bicyclic) bond motifs is 1. The van der Waals surface area contributed by atoms with Crippen molar-refractivity contribution in [3.63, 3.8) is 0 Å². The average Bonchev–Trinajstić information content (AvgIpc) is 2.76.